The van der Waals surface area contributed by atoms with Crippen LogP contribution in [0.4, 0.5) is 0 Å². The average Bonchev–Trinajstić information content (AvgIpc) is 3.29. The van der Waals surface area contributed by atoms with Crippen LogP contribution < -0.4 is 0 Å². The number of hydrogen-bond acceptors (Lipinski definition) is 5. The molecular weight excluding hydrogens is 380 g/mol. The quantitative estimate of drug-likeness (QED) is 0.580. The highest BCUT2D eigenvalue weighted by atomic mass is 16.5. The summed E-state index contributed by atoms with van der Waals surface area (Å²) >= 11 is 0. The van der Waals surface area contributed by atoms with Gasteiger partial charge in [0.1, 0.15) is 0 Å². The Bertz CT molecular complexity index is 1110. The second kappa shape index (κ2) is 5.91. The Hall–Kier alpha value is -3.21. The SMILES string of the molecule is COC(=O)[C@]12C(=O)[C@@]3(C(=O)OC[C@@H]3C1(C)C)C(c1ccccc1)=C2c1ccccc1. The summed E-state index contributed by atoms with van der Waals surface area (Å²) in [6.07, 6.45) is 0. The number of carbonyl (C=O) groups is 3. The summed E-state index contributed by atoms with van der Waals surface area (Å²) in [4.78, 5) is 41.0. The average molecular weight is 402 g/mol. The first-order valence-electron chi connectivity index (χ1n) is 10.0. The predicted octanol–water partition coefficient (Wildman–Crippen LogP) is 3.54. The van der Waals surface area contributed by atoms with Gasteiger partial charge in [0.15, 0.2) is 16.6 Å². The Morgan fingerprint density at radius 2 is 1.47 bits per heavy atom. The van der Waals surface area contributed by atoms with Crippen molar-refractivity contribution in [3.8, 4) is 0 Å². The molecular formula is C25H22O5. The minimum Gasteiger partial charge on any atom is -0.468 e. The van der Waals surface area contributed by atoms with Gasteiger partial charge in [0, 0.05) is 11.3 Å². The van der Waals surface area contributed by atoms with Crippen LogP contribution in [-0.4, -0.2) is 31.4 Å². The summed E-state index contributed by atoms with van der Waals surface area (Å²) in [6, 6.07) is 18.7. The predicted molar refractivity (Wildman–Crippen MR) is 110 cm³/mol. The third kappa shape index (κ3) is 1.78. The van der Waals surface area contributed by atoms with E-state index < -0.39 is 39.9 Å². The molecule has 0 N–H and O–H groups in total. The van der Waals surface area contributed by atoms with Crippen LogP contribution in [0.15, 0.2) is 60.7 Å². The van der Waals surface area contributed by atoms with Crippen molar-refractivity contribution in [3.63, 3.8) is 0 Å². The molecule has 1 spiro atoms. The normalized spacial score (nSPS) is 31.0. The van der Waals surface area contributed by atoms with E-state index in [1.807, 2.05) is 74.5 Å². The molecule has 152 valence electrons. The van der Waals surface area contributed by atoms with E-state index in [1.54, 1.807) is 0 Å². The summed E-state index contributed by atoms with van der Waals surface area (Å²) in [5.74, 6) is -2.06. The van der Waals surface area contributed by atoms with Crippen LogP contribution >= 0.6 is 0 Å². The zero-order valence-electron chi connectivity index (χ0n) is 17.1. The van der Waals surface area contributed by atoms with E-state index in [4.69, 9.17) is 9.47 Å². The van der Waals surface area contributed by atoms with Crippen LogP contribution in [0.3, 0.4) is 0 Å². The number of carbonyl (C=O) groups excluding carboxylic acids is 3. The molecule has 2 aromatic rings. The number of ether oxygens (including phenoxy) is 2. The van der Waals surface area contributed by atoms with Crippen molar-refractivity contribution in [2.75, 3.05) is 13.7 Å². The van der Waals surface area contributed by atoms with Crippen LogP contribution in [-0.2, 0) is 23.9 Å². The molecule has 2 aliphatic carbocycles. The van der Waals surface area contributed by atoms with Crippen molar-refractivity contribution in [2.45, 2.75) is 13.8 Å². The van der Waals surface area contributed by atoms with Crippen LogP contribution in [0, 0.1) is 22.2 Å². The lowest BCUT2D eigenvalue weighted by Gasteiger charge is -2.44. The molecule has 3 aliphatic rings. The minimum atomic E-state index is -1.58. The number of ketones is 1. The summed E-state index contributed by atoms with van der Waals surface area (Å²) in [6.45, 7) is 3.86. The molecule has 3 atom stereocenters. The second-order valence-corrected chi connectivity index (χ2v) is 8.73. The van der Waals surface area contributed by atoms with Crippen molar-refractivity contribution in [1.29, 1.82) is 0 Å². The van der Waals surface area contributed by atoms with Crippen molar-refractivity contribution >= 4 is 28.9 Å². The minimum absolute atomic E-state index is 0.106. The maximum atomic E-state index is 14.2. The van der Waals surface area contributed by atoms with E-state index in [0.29, 0.717) is 11.1 Å². The summed E-state index contributed by atoms with van der Waals surface area (Å²) < 4.78 is 10.7. The van der Waals surface area contributed by atoms with Gasteiger partial charge in [-0.15, -0.1) is 0 Å². The van der Waals surface area contributed by atoms with Crippen molar-refractivity contribution in [2.24, 2.45) is 22.2 Å². The fourth-order valence-corrected chi connectivity index (χ4v) is 6.15. The van der Waals surface area contributed by atoms with Crippen molar-refractivity contribution in [1.82, 2.24) is 0 Å². The Morgan fingerprint density at radius 3 is 2.00 bits per heavy atom. The van der Waals surface area contributed by atoms with E-state index in [1.165, 1.54) is 7.11 Å². The highest BCUT2D eigenvalue weighted by Crippen LogP contribution is 2.78. The van der Waals surface area contributed by atoms with E-state index in [2.05, 4.69) is 0 Å². The van der Waals surface area contributed by atoms with Gasteiger partial charge in [0.25, 0.3) is 0 Å². The zero-order valence-corrected chi connectivity index (χ0v) is 17.1. The molecule has 1 heterocycles. The number of benzene rings is 2. The molecule has 1 saturated heterocycles. The van der Waals surface area contributed by atoms with E-state index >= 15 is 0 Å². The molecule has 2 bridgehead atoms. The number of Topliss-reactive ketones (excluding diaryl/α,β-unsaturated/α-hetero) is 1. The van der Waals surface area contributed by atoms with E-state index in [-0.39, 0.29) is 6.61 Å². The molecule has 5 heteroatoms. The lowest BCUT2D eigenvalue weighted by atomic mass is 9.55. The van der Waals surface area contributed by atoms with Gasteiger partial charge in [-0.1, -0.05) is 74.5 Å². The molecule has 1 aliphatic heterocycles. The lowest BCUT2D eigenvalue weighted by molar-refractivity contribution is -0.159. The second-order valence-electron chi connectivity index (χ2n) is 8.73. The van der Waals surface area contributed by atoms with Gasteiger partial charge in [-0.05, 0) is 22.3 Å². The van der Waals surface area contributed by atoms with Crippen LogP contribution in [0.1, 0.15) is 25.0 Å². The van der Waals surface area contributed by atoms with Crippen LogP contribution in [0.25, 0.3) is 11.1 Å². The summed E-state index contributed by atoms with van der Waals surface area (Å²) in [7, 11) is 1.29. The molecule has 0 radical (unpaired) electrons. The van der Waals surface area contributed by atoms with Crippen LogP contribution in [0.5, 0.6) is 0 Å². The first kappa shape index (κ1) is 18.8. The number of fused-ring (bicyclic) bond motifs is 1. The largest absolute Gasteiger partial charge is 0.468 e. The highest BCUT2D eigenvalue weighted by molar-refractivity contribution is 6.39. The zero-order chi connectivity index (χ0) is 21.3. The third-order valence-corrected chi connectivity index (χ3v) is 7.40. The first-order valence-corrected chi connectivity index (χ1v) is 10.0. The molecule has 2 fully saturated rings. The van der Waals surface area contributed by atoms with E-state index in [0.717, 1.165) is 11.1 Å². The smallest absolute Gasteiger partial charge is 0.324 e. The maximum Gasteiger partial charge on any atom is 0.324 e. The monoisotopic (exact) mass is 402 g/mol. The van der Waals surface area contributed by atoms with Gasteiger partial charge >= 0.3 is 11.9 Å². The van der Waals surface area contributed by atoms with Gasteiger partial charge in [-0.25, -0.2) is 0 Å². The Morgan fingerprint density at radius 1 is 0.933 bits per heavy atom. The Kier molecular flexibility index (Phi) is 3.70. The molecule has 0 amide bonds. The van der Waals surface area contributed by atoms with Gasteiger partial charge < -0.3 is 9.47 Å². The van der Waals surface area contributed by atoms with Crippen molar-refractivity contribution in [3.05, 3.63) is 71.8 Å². The Labute approximate surface area is 174 Å². The fraction of sp³-hybridized carbons (Fsp3) is 0.320. The number of cyclic esters (lactones) is 1. The topological polar surface area (TPSA) is 69.7 Å². The highest BCUT2D eigenvalue weighted by Gasteiger charge is 2.86. The standard InChI is InChI=1S/C25H22O5/c1-23(2)17-14-30-21(27)24(17)18(15-10-6-4-7-11-15)19(16-12-8-5-9-13-16)25(23,20(24)26)22(28)29-3/h4-13,17H,14H2,1-3H3/t17-,24+,25+/m1/s1. The Balaban J connectivity index is 2.00. The van der Waals surface area contributed by atoms with Gasteiger partial charge in [-0.2, -0.15) is 0 Å². The molecule has 5 nitrogen and oxygen atoms in total. The molecule has 30 heavy (non-hydrogen) atoms. The lowest BCUT2D eigenvalue weighted by Crippen LogP contribution is -2.49. The van der Waals surface area contributed by atoms with Gasteiger partial charge in [0.2, 0.25) is 0 Å². The van der Waals surface area contributed by atoms with E-state index in [9.17, 15) is 14.4 Å². The molecule has 1 saturated carbocycles. The first-order chi connectivity index (χ1) is 14.4. The van der Waals surface area contributed by atoms with Crippen molar-refractivity contribution < 1.29 is 23.9 Å². The summed E-state index contributed by atoms with van der Waals surface area (Å²) in [5.41, 5.74) is -1.34. The number of hydrogen-bond donors (Lipinski definition) is 0. The number of esters is 2. The maximum absolute atomic E-state index is 14.2. The molecule has 2 aromatic carbocycles. The molecule has 5 rings (SSSR count). The molecule has 0 unspecified atom stereocenters. The third-order valence-electron chi connectivity index (χ3n) is 7.40. The fourth-order valence-electron chi connectivity index (χ4n) is 6.15. The van der Waals surface area contributed by atoms with Crippen LogP contribution in [0.2, 0.25) is 0 Å². The van der Waals surface area contributed by atoms with Gasteiger partial charge in [0.05, 0.1) is 13.7 Å². The number of rotatable bonds is 3. The number of methoxy groups -OCH3 is 1. The summed E-state index contributed by atoms with van der Waals surface area (Å²) in [5, 5.41) is 0. The molecule has 0 aromatic heterocycles. The van der Waals surface area contributed by atoms with Gasteiger partial charge in [-0.3, -0.25) is 14.4 Å².